The van der Waals surface area contributed by atoms with Gasteiger partial charge < -0.3 is 5.32 Å². The molecule has 0 aliphatic heterocycles. The van der Waals surface area contributed by atoms with Crippen LogP contribution in [-0.4, -0.2) is 42.0 Å². The zero-order valence-electron chi connectivity index (χ0n) is 10.2. The van der Waals surface area contributed by atoms with Crippen LogP contribution in [-0.2, 0) is 23.9 Å². The Bertz CT molecular complexity index is 357. The monoisotopic (exact) mass is 245 g/mol. The highest BCUT2D eigenvalue weighted by molar-refractivity contribution is 7.84. The van der Waals surface area contributed by atoms with Crippen LogP contribution < -0.4 is 5.32 Å². The van der Waals surface area contributed by atoms with Crippen LogP contribution in [0.3, 0.4) is 0 Å². The van der Waals surface area contributed by atoms with Crippen LogP contribution in [0.4, 0.5) is 0 Å². The van der Waals surface area contributed by atoms with Crippen molar-refractivity contribution in [3.63, 3.8) is 0 Å². The predicted molar refractivity (Wildman–Crippen MR) is 63.3 cm³/mol. The molecule has 0 fully saturated rings. The highest BCUT2D eigenvalue weighted by atomic mass is 32.2. The van der Waals surface area contributed by atoms with E-state index in [0.717, 1.165) is 5.82 Å². The van der Waals surface area contributed by atoms with Crippen molar-refractivity contribution in [1.82, 2.24) is 25.5 Å². The van der Waals surface area contributed by atoms with E-state index >= 15 is 0 Å². The Morgan fingerprint density at radius 3 is 2.69 bits per heavy atom. The molecule has 7 heteroatoms. The van der Waals surface area contributed by atoms with Crippen molar-refractivity contribution < 1.29 is 4.21 Å². The Morgan fingerprint density at radius 2 is 2.12 bits per heavy atom. The molecular weight excluding hydrogens is 226 g/mol. The summed E-state index contributed by atoms with van der Waals surface area (Å²) < 4.78 is 12.7. The molecule has 1 unspecified atom stereocenters. The maximum Gasteiger partial charge on any atom is 0.165 e. The lowest BCUT2D eigenvalue weighted by molar-refractivity contribution is 0.409. The van der Waals surface area contributed by atoms with Crippen molar-refractivity contribution >= 4 is 10.8 Å². The van der Waals surface area contributed by atoms with Crippen LogP contribution in [0.25, 0.3) is 0 Å². The van der Waals surface area contributed by atoms with E-state index in [1.165, 1.54) is 0 Å². The predicted octanol–water partition coefficient (Wildman–Crippen LogP) is -0.0603. The third-order valence-corrected chi connectivity index (χ3v) is 2.73. The van der Waals surface area contributed by atoms with Crippen LogP contribution in [0.15, 0.2) is 0 Å². The maximum atomic E-state index is 11.0. The van der Waals surface area contributed by atoms with E-state index in [-0.39, 0.29) is 5.54 Å². The zero-order chi connectivity index (χ0) is 12.2. The van der Waals surface area contributed by atoms with Gasteiger partial charge in [-0.05, 0) is 31.2 Å². The van der Waals surface area contributed by atoms with Gasteiger partial charge in [0.2, 0.25) is 0 Å². The largest absolute Gasteiger partial charge is 0.305 e. The number of hydrogen-bond acceptors (Lipinski definition) is 5. The molecule has 92 valence electrons. The first-order chi connectivity index (χ1) is 7.38. The fraction of sp³-hybridized carbons (Fsp3) is 0.889. The molecule has 1 N–H and O–H groups in total. The van der Waals surface area contributed by atoms with Crippen LogP contribution in [0, 0.1) is 0 Å². The third-order valence-electron chi connectivity index (χ3n) is 1.97. The highest BCUT2D eigenvalue weighted by Gasteiger charge is 2.12. The van der Waals surface area contributed by atoms with Crippen molar-refractivity contribution in [2.45, 2.75) is 39.4 Å². The first-order valence-electron chi connectivity index (χ1n) is 5.18. The van der Waals surface area contributed by atoms with Gasteiger partial charge in [-0.2, -0.15) is 0 Å². The van der Waals surface area contributed by atoms with E-state index in [9.17, 15) is 4.21 Å². The Balaban J connectivity index is 2.53. The second kappa shape index (κ2) is 5.49. The van der Waals surface area contributed by atoms with Gasteiger partial charge in [-0.15, -0.1) is 5.10 Å². The summed E-state index contributed by atoms with van der Waals surface area (Å²) in [6, 6.07) is 0. The van der Waals surface area contributed by atoms with Crippen molar-refractivity contribution in [3.8, 4) is 0 Å². The quantitative estimate of drug-likeness (QED) is 0.787. The average molecular weight is 245 g/mol. The molecular formula is C9H19N5OS. The smallest absolute Gasteiger partial charge is 0.165 e. The number of hydrogen-bond donors (Lipinski definition) is 1. The highest BCUT2D eigenvalue weighted by Crippen LogP contribution is 2.01. The topological polar surface area (TPSA) is 72.7 Å². The first-order valence-corrected chi connectivity index (χ1v) is 6.91. The number of aromatic nitrogens is 4. The average Bonchev–Trinajstić information content (AvgIpc) is 2.57. The normalized spacial score (nSPS) is 14.0. The summed E-state index contributed by atoms with van der Waals surface area (Å²) in [5.74, 6) is 1.36. The molecule has 0 amide bonds. The van der Waals surface area contributed by atoms with E-state index < -0.39 is 10.8 Å². The molecule has 16 heavy (non-hydrogen) atoms. The Labute approximate surface area is 98.3 Å². The summed E-state index contributed by atoms with van der Waals surface area (Å²) in [7, 11) is -0.816. The molecule has 0 saturated heterocycles. The summed E-state index contributed by atoms with van der Waals surface area (Å²) in [6.07, 6.45) is 1.68. The molecule has 0 aliphatic carbocycles. The lowest BCUT2D eigenvalue weighted by Gasteiger charge is -2.19. The van der Waals surface area contributed by atoms with Crippen molar-refractivity contribution in [1.29, 1.82) is 0 Å². The standard InChI is InChI=1S/C9H19N5OS/c1-9(2,3)10-7-8-11-12-13-14(8)5-6-16(4)15/h10H,5-7H2,1-4H3. The fourth-order valence-electron chi connectivity index (χ4n) is 1.08. The maximum absolute atomic E-state index is 11.0. The van der Waals surface area contributed by atoms with Gasteiger partial charge in [-0.1, -0.05) is 0 Å². The van der Waals surface area contributed by atoms with E-state index in [1.54, 1.807) is 10.9 Å². The van der Waals surface area contributed by atoms with E-state index in [4.69, 9.17) is 0 Å². The Kier molecular flexibility index (Phi) is 4.55. The summed E-state index contributed by atoms with van der Waals surface area (Å²) in [5, 5.41) is 14.7. The Hall–Kier alpha value is -0.820. The van der Waals surface area contributed by atoms with Crippen molar-refractivity contribution in [2.75, 3.05) is 12.0 Å². The van der Waals surface area contributed by atoms with Gasteiger partial charge in [0, 0.05) is 28.3 Å². The summed E-state index contributed by atoms with van der Waals surface area (Å²) in [6.45, 7) is 7.47. The second-order valence-electron chi connectivity index (χ2n) is 4.70. The lowest BCUT2D eigenvalue weighted by Crippen LogP contribution is -2.36. The van der Waals surface area contributed by atoms with Crippen LogP contribution >= 0.6 is 0 Å². The number of tetrazole rings is 1. The molecule has 6 nitrogen and oxygen atoms in total. The number of nitrogens with zero attached hydrogens (tertiary/aromatic N) is 4. The molecule has 0 aliphatic rings. The molecule has 1 aromatic rings. The summed E-state index contributed by atoms with van der Waals surface area (Å²) >= 11 is 0. The summed E-state index contributed by atoms with van der Waals surface area (Å²) in [5.41, 5.74) is 0.0321. The molecule has 0 spiro atoms. The van der Waals surface area contributed by atoms with Crippen LogP contribution in [0.2, 0.25) is 0 Å². The van der Waals surface area contributed by atoms with E-state index in [0.29, 0.717) is 18.8 Å². The molecule has 1 atom stereocenters. The minimum Gasteiger partial charge on any atom is -0.305 e. The SMILES string of the molecule is CS(=O)CCn1nnnc1CNC(C)(C)C. The summed E-state index contributed by atoms with van der Waals surface area (Å²) in [4.78, 5) is 0. The second-order valence-corrected chi connectivity index (χ2v) is 6.25. The van der Waals surface area contributed by atoms with Gasteiger partial charge in [-0.25, -0.2) is 4.68 Å². The minimum absolute atomic E-state index is 0.0321. The number of rotatable bonds is 5. The molecule has 0 bridgehead atoms. The zero-order valence-corrected chi connectivity index (χ0v) is 11.0. The van der Waals surface area contributed by atoms with Gasteiger partial charge in [0.25, 0.3) is 0 Å². The van der Waals surface area contributed by atoms with Gasteiger partial charge in [0.15, 0.2) is 5.82 Å². The van der Waals surface area contributed by atoms with Crippen LogP contribution in [0.5, 0.6) is 0 Å². The van der Waals surface area contributed by atoms with Gasteiger partial charge in [0.05, 0.1) is 13.1 Å². The van der Waals surface area contributed by atoms with Crippen LogP contribution in [0.1, 0.15) is 26.6 Å². The molecule has 0 radical (unpaired) electrons. The fourth-order valence-corrected chi connectivity index (χ4v) is 1.51. The Morgan fingerprint density at radius 1 is 1.44 bits per heavy atom. The molecule has 1 aromatic heterocycles. The number of aryl methyl sites for hydroxylation is 1. The van der Waals surface area contributed by atoms with Crippen molar-refractivity contribution in [2.24, 2.45) is 0 Å². The molecule has 0 saturated carbocycles. The third kappa shape index (κ3) is 4.80. The van der Waals surface area contributed by atoms with Gasteiger partial charge in [0.1, 0.15) is 0 Å². The number of nitrogens with one attached hydrogen (secondary N) is 1. The van der Waals surface area contributed by atoms with Crippen molar-refractivity contribution in [3.05, 3.63) is 5.82 Å². The first kappa shape index (κ1) is 13.2. The lowest BCUT2D eigenvalue weighted by atomic mass is 10.1. The van der Waals surface area contributed by atoms with Gasteiger partial charge in [-0.3, -0.25) is 4.21 Å². The minimum atomic E-state index is -0.816. The molecule has 1 rings (SSSR count). The van der Waals surface area contributed by atoms with E-state index in [2.05, 4.69) is 41.6 Å². The van der Waals surface area contributed by atoms with E-state index in [1.807, 2.05) is 0 Å². The molecule has 1 heterocycles. The molecule has 0 aromatic carbocycles. The van der Waals surface area contributed by atoms with Gasteiger partial charge >= 0.3 is 0 Å².